The molecule has 4 nitrogen and oxygen atoms in total. The standard InChI is InChI=1S/C20H31ClN4S.HI/c1-15(2)14-25-10-8-18(9-11-25)24-20(22-3)23-13-19(26-4)16-6-5-7-17(21)12-16;/h5-7,12,18-19H,1,8-11,13-14H2,2-4H3,(H2,22,23,24);1H. The minimum atomic E-state index is 0. The summed E-state index contributed by atoms with van der Waals surface area (Å²) in [7, 11) is 1.83. The first-order valence-corrected chi connectivity index (χ1v) is 10.8. The van der Waals surface area contributed by atoms with Gasteiger partial charge in [-0.25, -0.2) is 0 Å². The van der Waals surface area contributed by atoms with Gasteiger partial charge in [0.2, 0.25) is 0 Å². The van der Waals surface area contributed by atoms with Crippen molar-refractivity contribution in [3.8, 4) is 0 Å². The zero-order chi connectivity index (χ0) is 18.9. The van der Waals surface area contributed by atoms with Crippen molar-refractivity contribution in [3.63, 3.8) is 0 Å². The fourth-order valence-electron chi connectivity index (χ4n) is 3.24. The van der Waals surface area contributed by atoms with Crippen molar-refractivity contribution in [2.45, 2.75) is 31.1 Å². The monoisotopic (exact) mass is 522 g/mol. The maximum absolute atomic E-state index is 6.13. The van der Waals surface area contributed by atoms with Gasteiger partial charge in [-0.15, -0.1) is 24.0 Å². The number of likely N-dealkylation sites (tertiary alicyclic amines) is 1. The second-order valence-corrected chi connectivity index (χ2v) is 8.36. The molecule has 0 spiro atoms. The number of guanidine groups is 1. The summed E-state index contributed by atoms with van der Waals surface area (Å²) < 4.78 is 0. The Morgan fingerprint density at radius 1 is 1.41 bits per heavy atom. The molecule has 0 amide bonds. The van der Waals surface area contributed by atoms with E-state index in [0.29, 0.717) is 11.3 Å². The van der Waals surface area contributed by atoms with Gasteiger partial charge in [-0.3, -0.25) is 9.89 Å². The van der Waals surface area contributed by atoms with Gasteiger partial charge in [0.05, 0.1) is 0 Å². The highest BCUT2D eigenvalue weighted by Crippen LogP contribution is 2.27. The number of rotatable bonds is 7. The molecular formula is C20H32ClIN4S. The molecule has 2 rings (SSSR count). The highest BCUT2D eigenvalue weighted by atomic mass is 127. The summed E-state index contributed by atoms with van der Waals surface area (Å²) in [6.07, 6.45) is 4.39. The summed E-state index contributed by atoms with van der Waals surface area (Å²) in [6.45, 7) is 10.1. The third-order valence-electron chi connectivity index (χ3n) is 4.61. The number of aliphatic imine (C=N–C) groups is 1. The van der Waals surface area contributed by atoms with E-state index in [-0.39, 0.29) is 24.0 Å². The molecule has 1 unspecified atom stereocenters. The van der Waals surface area contributed by atoms with Crippen molar-refractivity contribution in [2.75, 3.05) is 39.5 Å². The normalized spacial score (nSPS) is 17.1. The Labute approximate surface area is 190 Å². The third kappa shape index (κ3) is 8.62. The molecule has 0 radical (unpaired) electrons. The first kappa shape index (κ1) is 24.6. The Balaban J connectivity index is 0.00000364. The van der Waals surface area contributed by atoms with E-state index in [0.717, 1.165) is 50.0 Å². The van der Waals surface area contributed by atoms with E-state index in [9.17, 15) is 0 Å². The second-order valence-electron chi connectivity index (χ2n) is 6.88. The van der Waals surface area contributed by atoms with Crippen LogP contribution in [0.25, 0.3) is 0 Å². The maximum atomic E-state index is 6.13. The van der Waals surface area contributed by atoms with E-state index in [1.807, 2.05) is 37.0 Å². The van der Waals surface area contributed by atoms with Gasteiger partial charge in [0, 0.05) is 49.5 Å². The summed E-state index contributed by atoms with van der Waals surface area (Å²) in [5.74, 6) is 0.879. The van der Waals surface area contributed by atoms with Crippen molar-refractivity contribution in [3.05, 3.63) is 47.0 Å². The predicted octanol–water partition coefficient (Wildman–Crippen LogP) is 4.57. The Bertz CT molecular complexity index is 618. The summed E-state index contributed by atoms with van der Waals surface area (Å²) in [4.78, 5) is 6.87. The van der Waals surface area contributed by atoms with Crippen LogP contribution in [0.5, 0.6) is 0 Å². The number of hydrogen-bond donors (Lipinski definition) is 2. The molecule has 1 fully saturated rings. The quantitative estimate of drug-likeness (QED) is 0.238. The molecule has 1 saturated heterocycles. The Hall–Kier alpha value is -0.440. The van der Waals surface area contributed by atoms with Gasteiger partial charge in [-0.1, -0.05) is 35.9 Å². The summed E-state index contributed by atoms with van der Waals surface area (Å²) in [6, 6.07) is 8.56. The molecule has 1 aliphatic heterocycles. The number of hydrogen-bond acceptors (Lipinski definition) is 3. The zero-order valence-electron chi connectivity index (χ0n) is 16.5. The van der Waals surface area contributed by atoms with E-state index >= 15 is 0 Å². The largest absolute Gasteiger partial charge is 0.355 e. The van der Waals surface area contributed by atoms with Crippen LogP contribution in [0.15, 0.2) is 41.4 Å². The van der Waals surface area contributed by atoms with Crippen LogP contribution in [-0.2, 0) is 0 Å². The Morgan fingerprint density at radius 3 is 2.67 bits per heavy atom. The molecular weight excluding hydrogens is 491 g/mol. The zero-order valence-corrected chi connectivity index (χ0v) is 20.4. The SMILES string of the molecule is C=C(C)CN1CCC(NC(=NC)NCC(SC)c2cccc(Cl)c2)CC1.I. The average molecular weight is 523 g/mol. The predicted molar refractivity (Wildman–Crippen MR) is 132 cm³/mol. The lowest BCUT2D eigenvalue weighted by atomic mass is 10.0. The summed E-state index contributed by atoms with van der Waals surface area (Å²) in [5, 5.41) is 8.17. The lowest BCUT2D eigenvalue weighted by Gasteiger charge is -2.33. The first-order chi connectivity index (χ1) is 12.5. The molecule has 1 aromatic rings. The van der Waals surface area contributed by atoms with Crippen LogP contribution in [0.1, 0.15) is 30.6 Å². The highest BCUT2D eigenvalue weighted by Gasteiger charge is 2.20. The van der Waals surface area contributed by atoms with E-state index in [2.05, 4.69) is 46.4 Å². The van der Waals surface area contributed by atoms with Gasteiger partial charge in [0.15, 0.2) is 5.96 Å². The lowest BCUT2D eigenvalue weighted by Crippen LogP contribution is -2.49. The summed E-state index contributed by atoms with van der Waals surface area (Å²) in [5.41, 5.74) is 2.47. The van der Waals surface area contributed by atoms with Crippen molar-refractivity contribution in [1.29, 1.82) is 0 Å². The van der Waals surface area contributed by atoms with Gasteiger partial charge < -0.3 is 10.6 Å². The van der Waals surface area contributed by atoms with Crippen LogP contribution in [0.4, 0.5) is 0 Å². The number of nitrogens with zero attached hydrogens (tertiary/aromatic N) is 2. The van der Waals surface area contributed by atoms with Gasteiger partial charge in [0.1, 0.15) is 0 Å². The van der Waals surface area contributed by atoms with Crippen LogP contribution in [0, 0.1) is 0 Å². The molecule has 27 heavy (non-hydrogen) atoms. The van der Waals surface area contributed by atoms with Gasteiger partial charge in [0.25, 0.3) is 0 Å². The van der Waals surface area contributed by atoms with Crippen molar-refractivity contribution in [2.24, 2.45) is 4.99 Å². The van der Waals surface area contributed by atoms with E-state index in [1.165, 1.54) is 11.1 Å². The molecule has 0 aromatic heterocycles. The average Bonchev–Trinajstić information content (AvgIpc) is 2.62. The van der Waals surface area contributed by atoms with E-state index < -0.39 is 0 Å². The fraction of sp³-hybridized carbons (Fsp3) is 0.550. The van der Waals surface area contributed by atoms with Crippen LogP contribution in [0.3, 0.4) is 0 Å². The van der Waals surface area contributed by atoms with E-state index in [4.69, 9.17) is 11.6 Å². The maximum Gasteiger partial charge on any atom is 0.191 e. The number of halogens is 2. The minimum absolute atomic E-state index is 0. The summed E-state index contributed by atoms with van der Waals surface area (Å²) >= 11 is 7.95. The topological polar surface area (TPSA) is 39.7 Å². The van der Waals surface area contributed by atoms with Crippen molar-refractivity contribution < 1.29 is 0 Å². The molecule has 1 atom stereocenters. The van der Waals surface area contributed by atoms with Gasteiger partial charge in [-0.2, -0.15) is 11.8 Å². The first-order valence-electron chi connectivity index (χ1n) is 9.14. The van der Waals surface area contributed by atoms with Crippen molar-refractivity contribution >= 4 is 53.3 Å². The van der Waals surface area contributed by atoms with Crippen LogP contribution in [0.2, 0.25) is 5.02 Å². The smallest absolute Gasteiger partial charge is 0.191 e. The Kier molecular flexibility index (Phi) is 11.8. The van der Waals surface area contributed by atoms with Crippen LogP contribution >= 0.6 is 47.3 Å². The van der Waals surface area contributed by atoms with Gasteiger partial charge >= 0.3 is 0 Å². The van der Waals surface area contributed by atoms with Crippen LogP contribution < -0.4 is 10.6 Å². The molecule has 1 aliphatic rings. The molecule has 0 bridgehead atoms. The second kappa shape index (κ2) is 12.9. The molecule has 1 aromatic carbocycles. The molecule has 152 valence electrons. The molecule has 0 saturated carbocycles. The molecule has 2 N–H and O–H groups in total. The minimum Gasteiger partial charge on any atom is -0.355 e. The number of thioether (sulfide) groups is 1. The van der Waals surface area contributed by atoms with Crippen molar-refractivity contribution in [1.82, 2.24) is 15.5 Å². The van der Waals surface area contributed by atoms with Crippen LogP contribution in [-0.4, -0.2) is 56.4 Å². The van der Waals surface area contributed by atoms with E-state index in [1.54, 1.807) is 0 Å². The molecule has 0 aliphatic carbocycles. The third-order valence-corrected chi connectivity index (χ3v) is 5.85. The lowest BCUT2D eigenvalue weighted by molar-refractivity contribution is 0.221. The van der Waals surface area contributed by atoms with Gasteiger partial charge in [-0.05, 0) is 43.7 Å². The highest BCUT2D eigenvalue weighted by molar-refractivity contribution is 14.0. The Morgan fingerprint density at radius 2 is 2.11 bits per heavy atom. The number of nitrogens with one attached hydrogen (secondary N) is 2. The number of benzene rings is 1. The molecule has 7 heteroatoms. The number of piperidine rings is 1. The molecule has 1 heterocycles. The fourth-order valence-corrected chi connectivity index (χ4v) is 4.11.